The zero-order chi connectivity index (χ0) is 43.8. The smallest absolute Gasteiger partial charge is 0.397 e. The molecule has 320 valence electrons. The van der Waals surface area contributed by atoms with Crippen LogP contribution in [0.4, 0.5) is 28.4 Å². The Morgan fingerprint density at radius 3 is 1.97 bits per heavy atom. The van der Waals surface area contributed by atoms with Crippen LogP contribution in [-0.4, -0.2) is 94.2 Å². The highest BCUT2D eigenvalue weighted by atomic mass is 32.3. The first-order chi connectivity index (χ1) is 27.6. The molecular weight excluding hydrogens is 923 g/mol. The molecule has 4 rings (SSSR count). The summed E-state index contributed by atoms with van der Waals surface area (Å²) in [4.78, 5) is 9.91. The predicted octanol–water partition coefficient (Wildman–Crippen LogP) is 4.70. The average molecular weight is 948 g/mol. The zero-order valence-electron chi connectivity index (χ0n) is 28.6. The highest BCUT2D eigenvalue weighted by molar-refractivity contribution is 7.94. The van der Waals surface area contributed by atoms with Crippen molar-refractivity contribution in [2.45, 2.75) is 19.6 Å². The number of azo groups is 2. The molecule has 0 fully saturated rings. The zero-order valence-corrected chi connectivity index (χ0v) is 33.5. The second-order valence-electron chi connectivity index (χ2n) is 10.8. The minimum atomic E-state index is -5.18. The Bertz CT molecular complexity index is 2730. The van der Waals surface area contributed by atoms with Crippen LogP contribution in [-0.2, 0) is 67.3 Å². The number of phenolic OH excluding ortho intramolecular Hbond substituents is 1. The Morgan fingerprint density at radius 2 is 1.36 bits per heavy atom. The number of aromatic hydroxyl groups is 1. The van der Waals surface area contributed by atoms with Gasteiger partial charge in [-0.2, -0.15) is 21.9 Å². The summed E-state index contributed by atoms with van der Waals surface area (Å²) < 4.78 is 133. The van der Waals surface area contributed by atoms with E-state index in [-0.39, 0.29) is 45.2 Å². The van der Waals surface area contributed by atoms with Gasteiger partial charge in [-0.1, -0.05) is 10.1 Å². The molecule has 0 heterocycles. The van der Waals surface area contributed by atoms with E-state index in [1.165, 1.54) is 0 Å². The summed E-state index contributed by atoms with van der Waals surface area (Å²) in [5, 5.41) is 59.6. The molecule has 0 unspecified atom stereocenters. The molecule has 4 aromatic carbocycles. The van der Waals surface area contributed by atoms with E-state index >= 15 is 0 Å². The fourth-order valence-corrected chi connectivity index (χ4v) is 8.70. The van der Waals surface area contributed by atoms with E-state index in [9.17, 15) is 53.2 Å². The van der Waals surface area contributed by atoms with Crippen LogP contribution < -0.4 is 5.73 Å². The highest BCUT2D eigenvalue weighted by Gasteiger charge is 2.26. The van der Waals surface area contributed by atoms with Gasteiger partial charge in [0.25, 0.3) is 10.1 Å². The number of rotatable bonds is 21. The quantitative estimate of drug-likeness (QED) is 0.0113. The van der Waals surface area contributed by atoms with Gasteiger partial charge in [0, 0.05) is 0 Å². The van der Waals surface area contributed by atoms with Gasteiger partial charge < -0.3 is 15.9 Å². The molecule has 0 aliphatic carbocycles. The number of nitrogen functional groups attached to an aromatic ring is 1. The van der Waals surface area contributed by atoms with Crippen molar-refractivity contribution in [2.24, 2.45) is 20.5 Å². The summed E-state index contributed by atoms with van der Waals surface area (Å²) in [5.41, 5.74) is 2.94. The van der Waals surface area contributed by atoms with E-state index in [2.05, 4.69) is 43.4 Å². The minimum Gasteiger partial charge on any atom is -0.505 e. The lowest BCUT2D eigenvalue weighted by atomic mass is 10.1. The molecule has 0 radical (unpaired) electrons. The number of carboxylic acid groups (broad SMARTS) is 1. The second kappa shape index (κ2) is 19.7. The second-order valence-corrected chi connectivity index (χ2v) is 18.8. The summed E-state index contributed by atoms with van der Waals surface area (Å²) >= 11 is 0.263. The van der Waals surface area contributed by atoms with Gasteiger partial charge in [0.05, 0.1) is 73.8 Å². The number of anilines is 1. The fraction of sp³-hybridized carbons (Fsp3) is 0.148. The molecule has 26 nitrogen and oxygen atoms in total. The van der Waals surface area contributed by atoms with E-state index in [0.717, 1.165) is 54.6 Å². The largest absolute Gasteiger partial charge is 0.505 e. The van der Waals surface area contributed by atoms with Crippen LogP contribution in [0.3, 0.4) is 0 Å². The van der Waals surface area contributed by atoms with Crippen molar-refractivity contribution in [3.05, 3.63) is 60.2 Å². The first-order valence-electron chi connectivity index (χ1n) is 15.0. The van der Waals surface area contributed by atoms with Crippen molar-refractivity contribution in [3.63, 3.8) is 0 Å². The lowest BCUT2D eigenvalue weighted by Gasteiger charge is -2.14. The summed E-state index contributed by atoms with van der Waals surface area (Å²) in [6, 6.07) is 8.72. The maximum absolute atomic E-state index is 12.9. The Kier molecular flexibility index (Phi) is 15.8. The van der Waals surface area contributed by atoms with E-state index < -0.39 is 120 Å². The molecule has 0 spiro atoms. The number of nitrogens with two attached hydrogens (primary N) is 1. The Labute approximate surface area is 340 Å². The number of aromatic carboxylic acids is 1. The van der Waals surface area contributed by atoms with Crippen LogP contribution in [0.25, 0.3) is 10.8 Å². The third-order valence-corrected chi connectivity index (χ3v) is 12.9. The first kappa shape index (κ1) is 47.2. The van der Waals surface area contributed by atoms with Crippen molar-refractivity contribution in [3.8, 4) is 5.75 Å². The van der Waals surface area contributed by atoms with Crippen molar-refractivity contribution in [1.82, 2.24) is 0 Å². The summed E-state index contributed by atoms with van der Waals surface area (Å²) in [5.74, 6) is -4.05. The standard InChI is InChI=1S/C27H25N5O21S6/c28-23-22-14(12-21(58(42,43)44)25(23)32-29-15-1-3-16(4-2-15)56(38,39)10-8-49-59(45,46)47)11-20(54-52-50-36)24(26(22)33)31-30-19-13-17(5-6-18(19)27(34)35)57(40,41)9-7-48-55-53-51-37/h1-6,11-13,33,36-37H,7-10,28H2,(H,34,35)(H,42,43,44)(H,45,46,47). The highest BCUT2D eigenvalue weighted by Crippen LogP contribution is 2.49. The SMILES string of the molecule is Nc1c(N=Nc2ccc(S(=O)(=O)CCOS(=O)(=O)O)cc2)c(S(=O)(=O)O)cc2cc(SOOO)c(N=Nc3cc(S(=O)(=O)CCOSOOO)ccc3C(=O)O)c(O)c12. The van der Waals surface area contributed by atoms with E-state index in [4.69, 9.17) is 25.0 Å². The monoisotopic (exact) mass is 947 g/mol. The van der Waals surface area contributed by atoms with Crippen LogP contribution in [0.15, 0.2) is 94.6 Å². The van der Waals surface area contributed by atoms with E-state index in [1.54, 1.807) is 0 Å². The predicted molar refractivity (Wildman–Crippen MR) is 199 cm³/mol. The Balaban J connectivity index is 1.81. The molecule has 0 atom stereocenters. The van der Waals surface area contributed by atoms with Crippen LogP contribution in [0.1, 0.15) is 10.4 Å². The number of carboxylic acids is 1. The number of hydrogen-bond donors (Lipinski definition) is 7. The normalized spacial score (nSPS) is 12.9. The molecule has 0 saturated carbocycles. The minimum absolute atomic E-state index is 0.111. The van der Waals surface area contributed by atoms with Crippen LogP contribution in [0, 0.1) is 0 Å². The lowest BCUT2D eigenvalue weighted by molar-refractivity contribution is -0.434. The van der Waals surface area contributed by atoms with Crippen molar-refractivity contribution >= 4 is 110 Å². The number of carbonyl (C=O) groups is 1. The van der Waals surface area contributed by atoms with E-state index in [0.29, 0.717) is 0 Å². The molecule has 0 bridgehead atoms. The van der Waals surface area contributed by atoms with Gasteiger partial charge in [0.15, 0.2) is 37.7 Å². The van der Waals surface area contributed by atoms with Crippen LogP contribution in [0.2, 0.25) is 0 Å². The maximum Gasteiger partial charge on any atom is 0.397 e. The summed E-state index contributed by atoms with van der Waals surface area (Å²) in [6.07, 6.45) is 0. The van der Waals surface area contributed by atoms with Gasteiger partial charge in [-0.25, -0.2) is 36.3 Å². The van der Waals surface area contributed by atoms with Gasteiger partial charge in [-0.05, 0) is 60.0 Å². The molecule has 4 aromatic rings. The van der Waals surface area contributed by atoms with Gasteiger partial charge >= 0.3 is 16.4 Å². The van der Waals surface area contributed by atoms with Gasteiger partial charge in [-0.3, -0.25) is 13.3 Å². The molecule has 0 aromatic heterocycles. The molecule has 0 aliphatic heterocycles. The van der Waals surface area contributed by atoms with Gasteiger partial charge in [-0.15, -0.1) is 24.0 Å². The van der Waals surface area contributed by atoms with Gasteiger partial charge in [0.1, 0.15) is 22.0 Å². The maximum atomic E-state index is 12.9. The van der Waals surface area contributed by atoms with Crippen molar-refractivity contribution in [2.75, 3.05) is 30.5 Å². The number of phenols is 1. The topological polar surface area (TPSA) is 406 Å². The number of fused-ring (bicyclic) bond motifs is 1. The molecule has 0 saturated heterocycles. The number of hydrogen-bond acceptors (Lipinski definition) is 25. The lowest BCUT2D eigenvalue weighted by Crippen LogP contribution is -2.15. The third-order valence-electron chi connectivity index (χ3n) is 7.15. The molecule has 32 heteroatoms. The average Bonchev–Trinajstić information content (AvgIpc) is 3.15. The van der Waals surface area contributed by atoms with Crippen molar-refractivity contribution in [1.29, 1.82) is 0 Å². The summed E-state index contributed by atoms with van der Waals surface area (Å²) in [7, 11) is -18.4. The molecule has 0 amide bonds. The number of benzene rings is 4. The molecule has 0 aliphatic rings. The Hall–Kier alpha value is -4.49. The third kappa shape index (κ3) is 12.5. The molecular formula is C27H25N5O21S6. The van der Waals surface area contributed by atoms with Crippen LogP contribution in [0.5, 0.6) is 5.75 Å². The molecule has 8 N–H and O–H groups in total. The number of nitrogens with zero attached hydrogens (tertiary/aromatic N) is 4. The van der Waals surface area contributed by atoms with E-state index in [1.807, 2.05) is 0 Å². The number of sulfone groups is 2. The van der Waals surface area contributed by atoms with Crippen molar-refractivity contribution < 1.29 is 95.4 Å². The first-order valence-corrected chi connectivity index (χ1v) is 22.5. The summed E-state index contributed by atoms with van der Waals surface area (Å²) in [6.45, 7) is -1.40. The Morgan fingerprint density at radius 1 is 0.746 bits per heavy atom. The van der Waals surface area contributed by atoms with Crippen LogP contribution >= 0.6 is 24.4 Å². The molecule has 59 heavy (non-hydrogen) atoms. The fourth-order valence-electron chi connectivity index (χ4n) is 4.62. The van der Waals surface area contributed by atoms with Gasteiger partial charge in [0.2, 0.25) is 0 Å².